The Kier molecular flexibility index (Phi) is 10.1. The number of sulfonamides is 1. The summed E-state index contributed by atoms with van der Waals surface area (Å²) < 4.78 is 42.8. The van der Waals surface area contributed by atoms with Gasteiger partial charge in [-0.1, -0.05) is 91.7 Å². The summed E-state index contributed by atoms with van der Waals surface area (Å²) in [6.07, 6.45) is 4.01. The van der Waals surface area contributed by atoms with Crippen molar-refractivity contribution in [1.82, 2.24) is 10.2 Å². The third kappa shape index (κ3) is 7.71. The summed E-state index contributed by atoms with van der Waals surface area (Å²) in [6.45, 7) is -0.548. The highest BCUT2D eigenvalue weighted by Crippen LogP contribution is 2.25. The van der Waals surface area contributed by atoms with E-state index in [4.69, 9.17) is 0 Å². The Morgan fingerprint density at radius 1 is 0.773 bits per heavy atom. The number of hydrogen-bond acceptors (Lipinski definition) is 4. The number of carbonyl (C=O) groups excluding carboxylic acids is 2. The van der Waals surface area contributed by atoms with Gasteiger partial charge in [-0.3, -0.25) is 13.9 Å². The largest absolute Gasteiger partial charge is 0.352 e. The third-order valence-electron chi connectivity index (χ3n) is 7.89. The molecule has 0 heterocycles. The number of nitrogens with one attached hydrogen (secondary N) is 1. The highest BCUT2D eigenvalue weighted by Gasteiger charge is 2.35. The monoisotopic (exact) mass is 613 g/mol. The van der Waals surface area contributed by atoms with E-state index in [1.165, 1.54) is 29.2 Å². The lowest BCUT2D eigenvalue weighted by molar-refractivity contribution is -0.140. The molecule has 4 aromatic rings. The number of carbonyl (C=O) groups is 2. The normalized spacial score (nSPS) is 14.1. The molecule has 44 heavy (non-hydrogen) atoms. The van der Waals surface area contributed by atoms with E-state index >= 15 is 0 Å². The van der Waals surface area contributed by atoms with E-state index in [-0.39, 0.29) is 29.8 Å². The van der Waals surface area contributed by atoms with Crippen LogP contribution in [-0.2, 0) is 32.6 Å². The van der Waals surface area contributed by atoms with Crippen LogP contribution in [0.15, 0.2) is 120 Å². The first kappa shape index (κ1) is 30.9. The topological polar surface area (TPSA) is 86.8 Å². The molecule has 1 aliphatic carbocycles. The molecule has 1 aliphatic rings. The molecule has 1 fully saturated rings. The summed E-state index contributed by atoms with van der Waals surface area (Å²) in [5, 5.41) is 3.15. The lowest BCUT2D eigenvalue weighted by Crippen LogP contribution is -2.54. The summed E-state index contributed by atoms with van der Waals surface area (Å²) in [4.78, 5) is 29.9. The fraction of sp³-hybridized carbons (Fsp3) is 0.257. The fourth-order valence-electron chi connectivity index (χ4n) is 5.55. The van der Waals surface area contributed by atoms with Gasteiger partial charge in [-0.15, -0.1) is 0 Å². The van der Waals surface area contributed by atoms with Gasteiger partial charge in [0.2, 0.25) is 11.8 Å². The number of amides is 2. The van der Waals surface area contributed by atoms with Crippen LogP contribution in [-0.4, -0.2) is 43.8 Å². The van der Waals surface area contributed by atoms with Crippen LogP contribution in [0.2, 0.25) is 0 Å². The molecular formula is C35H36FN3O4S. The minimum atomic E-state index is -4.15. The van der Waals surface area contributed by atoms with Crippen LogP contribution in [0.25, 0.3) is 0 Å². The van der Waals surface area contributed by atoms with E-state index in [0.29, 0.717) is 11.3 Å². The molecule has 0 spiro atoms. The quantitative estimate of drug-likeness (QED) is 0.222. The van der Waals surface area contributed by atoms with Gasteiger partial charge in [0.1, 0.15) is 18.4 Å². The first-order chi connectivity index (χ1) is 21.3. The van der Waals surface area contributed by atoms with E-state index in [1.807, 2.05) is 30.3 Å². The Bertz CT molecular complexity index is 1630. The summed E-state index contributed by atoms with van der Waals surface area (Å²) in [5.74, 6) is -1.27. The van der Waals surface area contributed by atoms with Gasteiger partial charge in [0.15, 0.2) is 0 Å². The van der Waals surface area contributed by atoms with Gasteiger partial charge in [0, 0.05) is 19.0 Å². The Morgan fingerprint density at radius 2 is 1.34 bits per heavy atom. The van der Waals surface area contributed by atoms with Gasteiger partial charge < -0.3 is 10.2 Å². The van der Waals surface area contributed by atoms with E-state index in [9.17, 15) is 22.4 Å². The maximum atomic E-state index is 14.4. The van der Waals surface area contributed by atoms with Crippen molar-refractivity contribution in [3.05, 3.63) is 132 Å². The smallest absolute Gasteiger partial charge is 0.264 e. The fourth-order valence-corrected chi connectivity index (χ4v) is 6.99. The van der Waals surface area contributed by atoms with Crippen LogP contribution in [0.5, 0.6) is 0 Å². The van der Waals surface area contributed by atoms with Crippen LogP contribution in [0, 0.1) is 5.82 Å². The Morgan fingerprint density at radius 3 is 1.95 bits per heavy atom. The molecule has 9 heteroatoms. The van der Waals surface area contributed by atoms with Gasteiger partial charge in [0.05, 0.1) is 10.6 Å². The van der Waals surface area contributed by atoms with E-state index in [2.05, 4.69) is 5.32 Å². The average molecular weight is 614 g/mol. The minimum Gasteiger partial charge on any atom is -0.352 e. The molecule has 0 aromatic heterocycles. The lowest BCUT2D eigenvalue weighted by atomic mass is 10.0. The van der Waals surface area contributed by atoms with Crippen molar-refractivity contribution in [3.8, 4) is 0 Å². The maximum absolute atomic E-state index is 14.4. The van der Waals surface area contributed by atoms with Gasteiger partial charge in [-0.05, 0) is 60.4 Å². The molecule has 0 aliphatic heterocycles. The molecule has 0 radical (unpaired) electrons. The lowest BCUT2D eigenvalue weighted by Gasteiger charge is -2.34. The van der Waals surface area contributed by atoms with Crippen LogP contribution >= 0.6 is 0 Å². The van der Waals surface area contributed by atoms with Crippen LogP contribution in [0.1, 0.15) is 36.8 Å². The molecule has 0 bridgehead atoms. The van der Waals surface area contributed by atoms with Crippen molar-refractivity contribution in [2.45, 2.75) is 55.6 Å². The number of hydrogen-bond donors (Lipinski definition) is 1. The van der Waals surface area contributed by atoms with Gasteiger partial charge >= 0.3 is 0 Å². The second-order valence-corrected chi connectivity index (χ2v) is 12.9. The molecule has 4 aromatic carbocycles. The van der Waals surface area contributed by atoms with Crippen molar-refractivity contribution in [3.63, 3.8) is 0 Å². The highest BCUT2D eigenvalue weighted by molar-refractivity contribution is 7.92. The minimum absolute atomic E-state index is 0.0112. The zero-order valence-corrected chi connectivity index (χ0v) is 25.2. The second kappa shape index (κ2) is 14.3. The van der Waals surface area contributed by atoms with Crippen molar-refractivity contribution in [2.75, 3.05) is 10.8 Å². The predicted molar refractivity (Wildman–Crippen MR) is 169 cm³/mol. The summed E-state index contributed by atoms with van der Waals surface area (Å²) in [7, 11) is -4.15. The average Bonchev–Trinajstić information content (AvgIpc) is 3.56. The number of nitrogens with zero attached hydrogens (tertiary/aromatic N) is 2. The molecule has 7 nitrogen and oxygen atoms in total. The maximum Gasteiger partial charge on any atom is 0.264 e. The zero-order valence-electron chi connectivity index (χ0n) is 24.4. The molecule has 2 amide bonds. The molecular weight excluding hydrogens is 577 g/mol. The van der Waals surface area contributed by atoms with Gasteiger partial charge in [0.25, 0.3) is 10.0 Å². The Balaban J connectivity index is 1.54. The molecule has 1 atom stereocenters. The van der Waals surface area contributed by atoms with Crippen molar-refractivity contribution >= 4 is 27.5 Å². The third-order valence-corrected chi connectivity index (χ3v) is 9.68. The van der Waals surface area contributed by atoms with E-state index in [0.717, 1.165) is 35.6 Å². The number of para-hydroxylation sites is 1. The van der Waals surface area contributed by atoms with E-state index in [1.54, 1.807) is 60.7 Å². The van der Waals surface area contributed by atoms with Crippen molar-refractivity contribution in [1.29, 1.82) is 0 Å². The number of anilines is 1. The number of rotatable bonds is 12. The molecule has 0 saturated heterocycles. The highest BCUT2D eigenvalue weighted by atomic mass is 32.2. The summed E-state index contributed by atoms with van der Waals surface area (Å²) in [5.41, 5.74) is 1.79. The number of benzene rings is 4. The molecule has 1 N–H and O–H groups in total. The van der Waals surface area contributed by atoms with Crippen LogP contribution in [0.3, 0.4) is 0 Å². The van der Waals surface area contributed by atoms with Crippen molar-refractivity contribution in [2.24, 2.45) is 0 Å². The molecule has 0 unspecified atom stereocenters. The standard InChI is InChI=1S/C35H36FN3O4S/c36-29-22-20-28(21-23-29)25-38(33(24-27-12-4-1-5-13-27)35(41)37-30-14-10-11-15-30)34(40)26-39(31-16-6-2-7-17-31)44(42,43)32-18-8-3-9-19-32/h1-9,12-13,16-23,30,33H,10-11,14-15,24-26H2,(H,37,41)/t33-/m0/s1. The molecule has 228 valence electrons. The van der Waals surface area contributed by atoms with E-state index < -0.39 is 34.3 Å². The zero-order chi connectivity index (χ0) is 30.9. The van der Waals surface area contributed by atoms with Gasteiger partial charge in [-0.2, -0.15) is 0 Å². The predicted octanol–water partition coefficient (Wildman–Crippen LogP) is 5.72. The second-order valence-electron chi connectivity index (χ2n) is 11.0. The molecule has 5 rings (SSSR count). The molecule has 1 saturated carbocycles. The van der Waals surface area contributed by atoms with Crippen molar-refractivity contribution < 1.29 is 22.4 Å². The van der Waals surface area contributed by atoms with Crippen LogP contribution < -0.4 is 9.62 Å². The first-order valence-electron chi connectivity index (χ1n) is 14.8. The summed E-state index contributed by atoms with van der Waals surface area (Å²) in [6, 6.07) is 30.6. The van der Waals surface area contributed by atoms with Crippen LogP contribution in [0.4, 0.5) is 10.1 Å². The first-order valence-corrected chi connectivity index (χ1v) is 16.3. The van der Waals surface area contributed by atoms with Gasteiger partial charge in [-0.25, -0.2) is 12.8 Å². The number of halogens is 1. The Hall–Kier alpha value is -4.50. The SMILES string of the molecule is O=C(NC1CCCC1)[C@H](Cc1ccccc1)N(Cc1ccc(F)cc1)C(=O)CN(c1ccccc1)S(=O)(=O)c1ccccc1. The Labute approximate surface area is 258 Å². The summed E-state index contributed by atoms with van der Waals surface area (Å²) >= 11 is 0.